The van der Waals surface area contributed by atoms with Gasteiger partial charge in [-0.1, -0.05) is 23.7 Å². The standard InChI is InChI=1S/C9H11ClN2O/c10-8-3-1-2-7(4-8)6-12-9(13)5-11/h1-4H,5-6,11H2,(H,12,13). The van der Waals surface area contributed by atoms with Crippen molar-refractivity contribution in [1.82, 2.24) is 5.32 Å². The van der Waals surface area contributed by atoms with Crippen molar-refractivity contribution >= 4 is 17.5 Å². The Morgan fingerprint density at radius 2 is 2.31 bits per heavy atom. The second-order valence-electron chi connectivity index (χ2n) is 2.61. The van der Waals surface area contributed by atoms with Crippen LogP contribution >= 0.6 is 11.6 Å². The van der Waals surface area contributed by atoms with Crippen molar-refractivity contribution in [2.45, 2.75) is 6.54 Å². The van der Waals surface area contributed by atoms with Gasteiger partial charge in [0.2, 0.25) is 5.91 Å². The summed E-state index contributed by atoms with van der Waals surface area (Å²) in [5.74, 6) is -0.167. The largest absolute Gasteiger partial charge is 0.351 e. The molecule has 0 radical (unpaired) electrons. The summed E-state index contributed by atoms with van der Waals surface area (Å²) >= 11 is 5.76. The maximum atomic E-state index is 10.8. The van der Waals surface area contributed by atoms with E-state index in [0.717, 1.165) is 5.56 Å². The summed E-state index contributed by atoms with van der Waals surface area (Å²) in [6.07, 6.45) is 0. The summed E-state index contributed by atoms with van der Waals surface area (Å²) in [6.45, 7) is 0.483. The van der Waals surface area contributed by atoms with Gasteiger partial charge in [0.1, 0.15) is 0 Å². The van der Waals surface area contributed by atoms with Crippen LogP contribution in [-0.2, 0) is 11.3 Å². The van der Waals surface area contributed by atoms with Crippen LogP contribution in [0.25, 0.3) is 0 Å². The van der Waals surface area contributed by atoms with Crippen LogP contribution in [0.4, 0.5) is 0 Å². The van der Waals surface area contributed by atoms with Crippen LogP contribution in [-0.4, -0.2) is 12.5 Å². The molecule has 13 heavy (non-hydrogen) atoms. The minimum absolute atomic E-state index is 0.0145. The van der Waals surface area contributed by atoms with E-state index in [1.54, 1.807) is 12.1 Å². The van der Waals surface area contributed by atoms with Crippen LogP contribution in [0.5, 0.6) is 0 Å². The molecule has 3 nitrogen and oxygen atoms in total. The molecule has 0 saturated carbocycles. The quantitative estimate of drug-likeness (QED) is 0.759. The van der Waals surface area contributed by atoms with Crippen LogP contribution < -0.4 is 11.1 Å². The van der Waals surface area contributed by atoms with E-state index in [-0.39, 0.29) is 12.5 Å². The molecular weight excluding hydrogens is 188 g/mol. The van der Waals surface area contributed by atoms with Crippen LogP contribution in [0.3, 0.4) is 0 Å². The van der Waals surface area contributed by atoms with Gasteiger partial charge >= 0.3 is 0 Å². The lowest BCUT2D eigenvalue weighted by Crippen LogP contribution is -2.29. The Hall–Kier alpha value is -1.06. The van der Waals surface area contributed by atoms with Crippen molar-refractivity contribution in [2.24, 2.45) is 5.73 Å². The Morgan fingerprint density at radius 1 is 1.54 bits per heavy atom. The first-order valence-corrected chi connectivity index (χ1v) is 4.31. The Balaban J connectivity index is 2.50. The minimum atomic E-state index is -0.167. The molecule has 0 aliphatic rings. The molecule has 0 heterocycles. The number of nitrogens with one attached hydrogen (secondary N) is 1. The lowest BCUT2D eigenvalue weighted by Gasteiger charge is -2.03. The second-order valence-corrected chi connectivity index (χ2v) is 3.05. The van der Waals surface area contributed by atoms with Crippen molar-refractivity contribution in [1.29, 1.82) is 0 Å². The molecule has 0 atom stereocenters. The van der Waals surface area contributed by atoms with E-state index >= 15 is 0 Å². The van der Waals surface area contributed by atoms with Crippen molar-refractivity contribution in [3.05, 3.63) is 34.9 Å². The molecule has 70 valence electrons. The predicted octanol–water partition coefficient (Wildman–Crippen LogP) is 0.915. The van der Waals surface area contributed by atoms with E-state index in [0.29, 0.717) is 11.6 Å². The lowest BCUT2D eigenvalue weighted by molar-refractivity contribution is -0.119. The number of halogens is 1. The fourth-order valence-corrected chi connectivity index (χ4v) is 1.13. The highest BCUT2D eigenvalue weighted by Crippen LogP contribution is 2.09. The second kappa shape index (κ2) is 4.84. The normalized spacial score (nSPS) is 9.69. The molecule has 0 aromatic heterocycles. The van der Waals surface area contributed by atoms with Crippen LogP contribution in [0.15, 0.2) is 24.3 Å². The molecule has 0 aliphatic carbocycles. The molecule has 1 aromatic carbocycles. The third kappa shape index (κ3) is 3.44. The first kappa shape index (κ1) is 10.0. The molecule has 1 amide bonds. The van der Waals surface area contributed by atoms with E-state index in [1.165, 1.54) is 0 Å². The van der Waals surface area contributed by atoms with Crippen molar-refractivity contribution in [3.8, 4) is 0 Å². The Kier molecular flexibility index (Phi) is 3.73. The Labute approximate surface area is 81.9 Å². The van der Waals surface area contributed by atoms with Gasteiger partial charge in [-0.25, -0.2) is 0 Å². The maximum absolute atomic E-state index is 10.8. The minimum Gasteiger partial charge on any atom is -0.351 e. The summed E-state index contributed by atoms with van der Waals surface area (Å²) in [7, 11) is 0. The van der Waals surface area contributed by atoms with Gasteiger partial charge in [-0.05, 0) is 17.7 Å². The highest BCUT2D eigenvalue weighted by molar-refractivity contribution is 6.30. The van der Waals surface area contributed by atoms with Crippen LogP contribution in [0.1, 0.15) is 5.56 Å². The number of carbonyl (C=O) groups excluding carboxylic acids is 1. The van der Waals surface area contributed by atoms with Crippen molar-refractivity contribution in [2.75, 3.05) is 6.54 Å². The van der Waals surface area contributed by atoms with E-state index in [1.807, 2.05) is 12.1 Å². The highest BCUT2D eigenvalue weighted by atomic mass is 35.5. The van der Waals surface area contributed by atoms with Gasteiger partial charge < -0.3 is 11.1 Å². The topological polar surface area (TPSA) is 55.1 Å². The molecule has 0 fully saturated rings. The fourth-order valence-electron chi connectivity index (χ4n) is 0.920. The van der Waals surface area contributed by atoms with Crippen molar-refractivity contribution < 1.29 is 4.79 Å². The number of amides is 1. The van der Waals surface area contributed by atoms with Gasteiger partial charge in [-0.15, -0.1) is 0 Å². The van der Waals surface area contributed by atoms with E-state index in [2.05, 4.69) is 5.32 Å². The van der Waals surface area contributed by atoms with Gasteiger partial charge in [-0.3, -0.25) is 4.79 Å². The summed E-state index contributed by atoms with van der Waals surface area (Å²) in [5.41, 5.74) is 6.09. The van der Waals surface area contributed by atoms with Crippen molar-refractivity contribution in [3.63, 3.8) is 0 Å². The van der Waals surface area contributed by atoms with Gasteiger partial charge in [0.25, 0.3) is 0 Å². The van der Waals surface area contributed by atoms with Gasteiger partial charge in [0.05, 0.1) is 6.54 Å². The number of hydrogen-bond donors (Lipinski definition) is 2. The summed E-state index contributed by atoms with van der Waals surface area (Å²) in [5, 5.41) is 3.32. The Morgan fingerprint density at radius 3 is 2.92 bits per heavy atom. The summed E-state index contributed by atoms with van der Waals surface area (Å²) < 4.78 is 0. The SMILES string of the molecule is NCC(=O)NCc1cccc(Cl)c1. The molecule has 4 heteroatoms. The van der Waals surface area contributed by atoms with Crippen LogP contribution in [0, 0.1) is 0 Å². The third-order valence-corrected chi connectivity index (χ3v) is 1.80. The molecule has 0 unspecified atom stereocenters. The number of benzene rings is 1. The molecule has 0 aliphatic heterocycles. The number of nitrogens with two attached hydrogens (primary N) is 1. The molecule has 1 rings (SSSR count). The average molecular weight is 199 g/mol. The summed E-state index contributed by atoms with van der Waals surface area (Å²) in [4.78, 5) is 10.8. The molecule has 0 saturated heterocycles. The van der Waals surface area contributed by atoms with Gasteiger partial charge in [-0.2, -0.15) is 0 Å². The number of rotatable bonds is 3. The average Bonchev–Trinajstić information content (AvgIpc) is 2.14. The lowest BCUT2D eigenvalue weighted by atomic mass is 10.2. The monoisotopic (exact) mass is 198 g/mol. The zero-order valence-electron chi connectivity index (χ0n) is 7.09. The number of carbonyl (C=O) groups is 1. The fraction of sp³-hybridized carbons (Fsp3) is 0.222. The number of hydrogen-bond acceptors (Lipinski definition) is 2. The first-order valence-electron chi connectivity index (χ1n) is 3.93. The van der Waals surface area contributed by atoms with E-state index in [9.17, 15) is 4.79 Å². The van der Waals surface area contributed by atoms with Gasteiger partial charge in [0.15, 0.2) is 0 Å². The van der Waals surface area contributed by atoms with Gasteiger partial charge in [0, 0.05) is 11.6 Å². The molecular formula is C9H11ClN2O. The Bertz CT molecular complexity index is 301. The van der Waals surface area contributed by atoms with E-state index < -0.39 is 0 Å². The zero-order valence-corrected chi connectivity index (χ0v) is 7.84. The third-order valence-electron chi connectivity index (χ3n) is 1.56. The predicted molar refractivity (Wildman–Crippen MR) is 52.4 cm³/mol. The molecule has 1 aromatic rings. The van der Waals surface area contributed by atoms with E-state index in [4.69, 9.17) is 17.3 Å². The first-order chi connectivity index (χ1) is 6.22. The summed E-state index contributed by atoms with van der Waals surface area (Å²) in [6, 6.07) is 7.32. The zero-order chi connectivity index (χ0) is 9.68. The molecule has 0 spiro atoms. The maximum Gasteiger partial charge on any atom is 0.234 e. The molecule has 0 bridgehead atoms. The van der Waals surface area contributed by atoms with Crippen LogP contribution in [0.2, 0.25) is 5.02 Å². The highest BCUT2D eigenvalue weighted by Gasteiger charge is 1.97. The molecule has 3 N–H and O–H groups in total. The smallest absolute Gasteiger partial charge is 0.234 e.